The number of hydrogen-bond donors (Lipinski definition) is 0. The van der Waals surface area contributed by atoms with E-state index >= 15 is 0 Å². The van der Waals surface area contributed by atoms with Crippen molar-refractivity contribution in [2.45, 2.75) is 44.4 Å². The maximum atomic E-state index is 13.0. The summed E-state index contributed by atoms with van der Waals surface area (Å²) in [6.07, 6.45) is 5.19. The van der Waals surface area contributed by atoms with Crippen LogP contribution in [0.1, 0.15) is 29.8 Å². The van der Waals surface area contributed by atoms with Crippen LogP contribution in [0.4, 0.5) is 0 Å². The standard InChI is InChI=1S/C24H25N3O4S2/c1-5-13-27-22-16(2)7-6-8-21(22)32-24(27)25-23(28)19-9-11-20(12-10-19)33(29,30)26-14-17(3)31-18(4)15-26/h1,6-12,17-18H,13-15H2,2-4H3/t17-,18-/m0/s1. The predicted molar refractivity (Wildman–Crippen MR) is 128 cm³/mol. The number of carbonyl (C=O) groups excluding carboxylic acids is 1. The minimum absolute atomic E-state index is 0.139. The number of aryl methyl sites for hydroxylation is 1. The van der Waals surface area contributed by atoms with Gasteiger partial charge in [-0.05, 0) is 56.7 Å². The molecule has 2 heterocycles. The van der Waals surface area contributed by atoms with Gasteiger partial charge in [-0.2, -0.15) is 9.30 Å². The molecule has 2 aromatic carbocycles. The second kappa shape index (κ2) is 9.23. The molecule has 1 amide bonds. The fourth-order valence-electron chi connectivity index (χ4n) is 4.03. The molecule has 172 valence electrons. The highest BCUT2D eigenvalue weighted by molar-refractivity contribution is 7.89. The SMILES string of the molecule is C#CCn1c(=NC(=O)c2ccc(S(=O)(=O)N3C[C@H](C)O[C@@H](C)C3)cc2)sc2cccc(C)c21. The summed E-state index contributed by atoms with van der Waals surface area (Å²) in [5.74, 6) is 2.17. The van der Waals surface area contributed by atoms with Gasteiger partial charge in [-0.15, -0.1) is 6.42 Å². The normalized spacial score (nSPS) is 20.1. The van der Waals surface area contributed by atoms with Crippen LogP contribution in [0.5, 0.6) is 0 Å². The average molecular weight is 484 g/mol. The summed E-state index contributed by atoms with van der Waals surface area (Å²) < 4.78 is 36.0. The molecule has 4 rings (SSSR count). The summed E-state index contributed by atoms with van der Waals surface area (Å²) in [4.78, 5) is 17.8. The van der Waals surface area contributed by atoms with Crippen LogP contribution in [0, 0.1) is 19.3 Å². The Morgan fingerprint density at radius 2 is 1.85 bits per heavy atom. The molecule has 0 aliphatic carbocycles. The van der Waals surface area contributed by atoms with Crippen molar-refractivity contribution in [2.75, 3.05) is 13.1 Å². The van der Waals surface area contributed by atoms with Crippen LogP contribution < -0.4 is 4.80 Å². The van der Waals surface area contributed by atoms with Crippen molar-refractivity contribution in [1.82, 2.24) is 8.87 Å². The van der Waals surface area contributed by atoms with Gasteiger partial charge in [-0.25, -0.2) is 8.42 Å². The Balaban J connectivity index is 1.65. The minimum Gasteiger partial charge on any atom is -0.373 e. The zero-order valence-electron chi connectivity index (χ0n) is 18.7. The smallest absolute Gasteiger partial charge is 0.279 e. The molecule has 1 aliphatic heterocycles. The first-order valence-corrected chi connectivity index (χ1v) is 12.8. The first-order valence-electron chi connectivity index (χ1n) is 10.6. The zero-order chi connectivity index (χ0) is 23.8. The van der Waals surface area contributed by atoms with Crippen LogP contribution in [-0.2, 0) is 21.3 Å². The third-order valence-corrected chi connectivity index (χ3v) is 8.36. The topological polar surface area (TPSA) is 81.0 Å². The van der Waals surface area contributed by atoms with Gasteiger partial charge in [0.05, 0.1) is 33.9 Å². The minimum atomic E-state index is -3.68. The molecule has 0 spiro atoms. The lowest BCUT2D eigenvalue weighted by Crippen LogP contribution is -2.48. The summed E-state index contributed by atoms with van der Waals surface area (Å²) in [5.41, 5.74) is 2.32. The number of nitrogens with zero attached hydrogens (tertiary/aromatic N) is 3. The number of amides is 1. The molecule has 0 saturated carbocycles. The Morgan fingerprint density at radius 1 is 1.18 bits per heavy atom. The average Bonchev–Trinajstić information content (AvgIpc) is 3.11. The van der Waals surface area contributed by atoms with Crippen LogP contribution in [0.2, 0.25) is 0 Å². The number of thiazole rings is 1. The zero-order valence-corrected chi connectivity index (χ0v) is 20.3. The number of ether oxygens (including phenoxy) is 1. The number of carbonyl (C=O) groups is 1. The van der Waals surface area contributed by atoms with Gasteiger partial charge in [0.2, 0.25) is 10.0 Å². The summed E-state index contributed by atoms with van der Waals surface area (Å²) in [6.45, 7) is 6.58. The number of para-hydroxylation sites is 1. The Kier molecular flexibility index (Phi) is 6.54. The van der Waals surface area contributed by atoms with Gasteiger partial charge in [-0.3, -0.25) is 4.79 Å². The van der Waals surface area contributed by atoms with Crippen LogP contribution in [0.15, 0.2) is 52.4 Å². The molecule has 1 aliphatic rings. The van der Waals surface area contributed by atoms with Crippen LogP contribution >= 0.6 is 11.3 Å². The van der Waals surface area contributed by atoms with E-state index in [4.69, 9.17) is 11.2 Å². The summed E-state index contributed by atoms with van der Waals surface area (Å²) in [5, 5.41) is 0. The van der Waals surface area contributed by atoms with Gasteiger partial charge in [0.25, 0.3) is 5.91 Å². The van der Waals surface area contributed by atoms with E-state index in [1.165, 1.54) is 39.9 Å². The van der Waals surface area contributed by atoms with Crippen molar-refractivity contribution >= 4 is 37.5 Å². The number of rotatable bonds is 4. The maximum absolute atomic E-state index is 13.0. The number of sulfonamides is 1. The highest BCUT2D eigenvalue weighted by Gasteiger charge is 2.32. The van der Waals surface area contributed by atoms with Gasteiger partial charge in [0, 0.05) is 18.7 Å². The second-order valence-electron chi connectivity index (χ2n) is 8.12. The van der Waals surface area contributed by atoms with Gasteiger partial charge in [-0.1, -0.05) is 29.4 Å². The summed E-state index contributed by atoms with van der Waals surface area (Å²) in [6, 6.07) is 11.8. The molecule has 1 fully saturated rings. The predicted octanol–water partition coefficient (Wildman–Crippen LogP) is 3.18. The molecule has 0 N–H and O–H groups in total. The monoisotopic (exact) mass is 483 g/mol. The molecular formula is C24H25N3O4S2. The van der Waals surface area contributed by atoms with Crippen LogP contribution in [-0.4, -0.2) is 48.5 Å². The number of benzene rings is 2. The van der Waals surface area contributed by atoms with E-state index in [-0.39, 0.29) is 17.1 Å². The van der Waals surface area contributed by atoms with E-state index < -0.39 is 15.9 Å². The number of morpholine rings is 1. The lowest BCUT2D eigenvalue weighted by molar-refractivity contribution is -0.0440. The number of aromatic nitrogens is 1. The highest BCUT2D eigenvalue weighted by Crippen LogP contribution is 2.23. The van der Waals surface area contributed by atoms with Gasteiger partial charge < -0.3 is 9.30 Å². The first-order chi connectivity index (χ1) is 15.7. The van der Waals surface area contributed by atoms with E-state index in [0.29, 0.717) is 30.0 Å². The molecule has 0 bridgehead atoms. The van der Waals surface area contributed by atoms with E-state index in [1.807, 2.05) is 43.5 Å². The second-order valence-corrected chi connectivity index (χ2v) is 11.1. The summed E-state index contributed by atoms with van der Waals surface area (Å²) in [7, 11) is -3.68. The van der Waals surface area contributed by atoms with E-state index in [0.717, 1.165) is 15.8 Å². The van der Waals surface area contributed by atoms with E-state index in [1.54, 1.807) is 0 Å². The Labute approximate surface area is 197 Å². The van der Waals surface area contributed by atoms with Gasteiger partial charge >= 0.3 is 0 Å². The van der Waals surface area contributed by atoms with Crippen molar-refractivity contribution in [1.29, 1.82) is 0 Å². The maximum Gasteiger partial charge on any atom is 0.279 e. The van der Waals surface area contributed by atoms with Gasteiger partial charge in [0.1, 0.15) is 0 Å². The Morgan fingerprint density at radius 3 is 2.48 bits per heavy atom. The van der Waals surface area contributed by atoms with E-state index in [9.17, 15) is 13.2 Å². The molecule has 1 saturated heterocycles. The highest BCUT2D eigenvalue weighted by atomic mass is 32.2. The molecule has 33 heavy (non-hydrogen) atoms. The lowest BCUT2D eigenvalue weighted by atomic mass is 10.2. The molecule has 0 radical (unpaired) electrons. The van der Waals surface area contributed by atoms with Gasteiger partial charge in [0.15, 0.2) is 4.80 Å². The Bertz CT molecular complexity index is 1400. The molecule has 1 aromatic heterocycles. The number of fused-ring (bicyclic) bond motifs is 1. The quantitative estimate of drug-likeness (QED) is 0.534. The molecular weight excluding hydrogens is 458 g/mol. The third kappa shape index (κ3) is 4.66. The first kappa shape index (κ1) is 23.4. The molecule has 3 aromatic rings. The van der Waals surface area contributed by atoms with Crippen molar-refractivity contribution in [2.24, 2.45) is 4.99 Å². The largest absolute Gasteiger partial charge is 0.373 e. The lowest BCUT2D eigenvalue weighted by Gasteiger charge is -2.34. The fraction of sp³-hybridized carbons (Fsp3) is 0.333. The third-order valence-electron chi connectivity index (χ3n) is 5.47. The molecule has 2 atom stereocenters. The molecule has 7 nitrogen and oxygen atoms in total. The fourth-order valence-corrected chi connectivity index (χ4v) is 6.72. The number of hydrogen-bond acceptors (Lipinski definition) is 5. The van der Waals surface area contributed by atoms with Crippen molar-refractivity contribution in [3.05, 3.63) is 58.4 Å². The van der Waals surface area contributed by atoms with Crippen molar-refractivity contribution < 1.29 is 17.9 Å². The van der Waals surface area contributed by atoms with Crippen LogP contribution in [0.3, 0.4) is 0 Å². The number of terminal acetylenes is 1. The molecule has 0 unspecified atom stereocenters. The summed E-state index contributed by atoms with van der Waals surface area (Å²) >= 11 is 1.39. The van der Waals surface area contributed by atoms with Crippen molar-refractivity contribution in [3.8, 4) is 12.3 Å². The van der Waals surface area contributed by atoms with Crippen LogP contribution in [0.25, 0.3) is 10.2 Å². The Hall–Kier alpha value is -2.77. The molecule has 9 heteroatoms. The van der Waals surface area contributed by atoms with E-state index in [2.05, 4.69) is 10.9 Å². The van der Waals surface area contributed by atoms with Crippen molar-refractivity contribution in [3.63, 3.8) is 0 Å².